The fourth-order valence-electron chi connectivity index (χ4n) is 4.20. The van der Waals surface area contributed by atoms with Gasteiger partial charge in [-0.25, -0.2) is 0 Å². The second-order valence-corrected chi connectivity index (χ2v) is 7.86. The molecule has 0 bridgehead atoms. The number of nitrogens with zero attached hydrogens (tertiary/aromatic N) is 2. The van der Waals surface area contributed by atoms with E-state index in [0.29, 0.717) is 18.7 Å². The number of alkyl halides is 6. The van der Waals surface area contributed by atoms with Crippen molar-refractivity contribution in [3.05, 3.63) is 51.8 Å². The Morgan fingerprint density at radius 3 is 2.12 bits per heavy atom. The maximum atomic E-state index is 13.1. The summed E-state index contributed by atoms with van der Waals surface area (Å²) in [5, 5.41) is 10.1. The zero-order valence-corrected chi connectivity index (χ0v) is 18.3. The molecule has 1 aromatic carbocycles. The Hall–Kier alpha value is -2.56. The molecule has 33 heavy (non-hydrogen) atoms. The van der Waals surface area contributed by atoms with Crippen molar-refractivity contribution in [3.8, 4) is 0 Å². The Bertz CT molecular complexity index is 942. The van der Waals surface area contributed by atoms with Crippen LogP contribution in [0.5, 0.6) is 0 Å². The normalized spacial score (nSPS) is 17.3. The van der Waals surface area contributed by atoms with E-state index in [0.717, 1.165) is 29.9 Å². The average Bonchev–Trinajstić information content (AvgIpc) is 3.23. The molecule has 1 fully saturated rings. The predicted octanol–water partition coefficient (Wildman–Crippen LogP) is 5.14. The lowest BCUT2D eigenvalue weighted by Gasteiger charge is -2.32. The molecule has 1 amide bonds. The number of rotatable bonds is 2. The predicted molar refractivity (Wildman–Crippen MR) is 110 cm³/mol. The summed E-state index contributed by atoms with van der Waals surface area (Å²) in [4.78, 5) is 14.4. The number of hydrogen-bond donors (Lipinski definition) is 2. The lowest BCUT2D eigenvalue weighted by atomic mass is 9.87. The monoisotopic (exact) mass is 476 g/mol. The van der Waals surface area contributed by atoms with E-state index in [-0.39, 0.29) is 43.5 Å². The number of hydrogen-bond acceptors (Lipinski definition) is 3. The van der Waals surface area contributed by atoms with E-state index in [1.165, 1.54) is 0 Å². The molecule has 0 saturated carbocycles. The minimum absolute atomic E-state index is 0.00234. The minimum atomic E-state index is -4.87. The van der Waals surface area contributed by atoms with Crippen LogP contribution >= 0.6 is 0 Å². The number of carbonyl (C=O) groups excluding carboxylic acids is 1. The molecule has 0 radical (unpaired) electrons. The van der Waals surface area contributed by atoms with Gasteiger partial charge in [-0.05, 0) is 55.5 Å². The van der Waals surface area contributed by atoms with Crippen molar-refractivity contribution >= 4 is 5.91 Å². The molecule has 0 aliphatic carbocycles. The van der Waals surface area contributed by atoms with Crippen LogP contribution in [0, 0.1) is 0 Å². The maximum absolute atomic E-state index is 13.1. The van der Waals surface area contributed by atoms with Gasteiger partial charge < -0.3 is 10.2 Å². The number of carbonyl (C=O) groups is 1. The first-order valence-electron chi connectivity index (χ1n) is 10.9. The van der Waals surface area contributed by atoms with E-state index in [9.17, 15) is 31.1 Å². The molecule has 11 heteroatoms. The van der Waals surface area contributed by atoms with Crippen LogP contribution in [0.3, 0.4) is 0 Å². The van der Waals surface area contributed by atoms with E-state index in [2.05, 4.69) is 15.5 Å². The lowest BCUT2D eigenvalue weighted by Crippen LogP contribution is -2.39. The van der Waals surface area contributed by atoms with Crippen LogP contribution in [0.15, 0.2) is 18.2 Å². The molecule has 2 aliphatic rings. The molecule has 3 heterocycles. The number of likely N-dealkylation sites (tertiary alicyclic amines) is 1. The van der Waals surface area contributed by atoms with Gasteiger partial charge in [0.05, 0.1) is 16.8 Å². The van der Waals surface area contributed by atoms with Gasteiger partial charge in [0.15, 0.2) is 5.69 Å². The number of aromatic nitrogens is 2. The first kappa shape index (κ1) is 25.1. The third-order valence-electron chi connectivity index (χ3n) is 5.87. The SMILES string of the molecule is CC.O=C(c1n[nH]c2c1CCNC2)N1CCC(c2cc(C(F)(F)F)cc(C(F)(F)F)c2)CC1. The highest BCUT2D eigenvalue weighted by Gasteiger charge is 2.38. The molecule has 2 aliphatic heterocycles. The van der Waals surface area contributed by atoms with Crippen LogP contribution in [0.2, 0.25) is 0 Å². The average molecular weight is 476 g/mol. The summed E-state index contributed by atoms with van der Waals surface area (Å²) in [7, 11) is 0. The molecule has 5 nitrogen and oxygen atoms in total. The van der Waals surface area contributed by atoms with Crippen molar-refractivity contribution in [3.63, 3.8) is 0 Å². The second-order valence-electron chi connectivity index (χ2n) is 7.86. The van der Waals surface area contributed by atoms with Gasteiger partial charge in [0.25, 0.3) is 5.91 Å². The zero-order valence-electron chi connectivity index (χ0n) is 18.3. The molecular weight excluding hydrogens is 450 g/mol. The Labute approximate surface area is 187 Å². The van der Waals surface area contributed by atoms with Gasteiger partial charge in [0, 0.05) is 25.2 Å². The highest BCUT2D eigenvalue weighted by Crippen LogP contribution is 2.39. The molecule has 0 unspecified atom stereocenters. The molecule has 182 valence electrons. The van der Waals surface area contributed by atoms with Crippen LogP contribution in [-0.4, -0.2) is 40.6 Å². The highest BCUT2D eigenvalue weighted by atomic mass is 19.4. The van der Waals surface area contributed by atoms with Gasteiger partial charge in [-0.2, -0.15) is 31.4 Å². The summed E-state index contributed by atoms with van der Waals surface area (Å²) in [6.45, 7) is 5.79. The van der Waals surface area contributed by atoms with Crippen LogP contribution in [0.25, 0.3) is 0 Å². The summed E-state index contributed by atoms with van der Waals surface area (Å²) in [6.07, 6.45) is -8.54. The van der Waals surface area contributed by atoms with Gasteiger partial charge in [0.2, 0.25) is 0 Å². The summed E-state index contributed by atoms with van der Waals surface area (Å²) < 4.78 is 78.8. The van der Waals surface area contributed by atoms with Gasteiger partial charge >= 0.3 is 12.4 Å². The van der Waals surface area contributed by atoms with Crippen LogP contribution in [0.1, 0.15) is 71.0 Å². The summed E-state index contributed by atoms with van der Waals surface area (Å²) >= 11 is 0. The second kappa shape index (κ2) is 9.74. The zero-order chi connectivity index (χ0) is 24.4. The van der Waals surface area contributed by atoms with Crippen LogP contribution < -0.4 is 5.32 Å². The first-order valence-corrected chi connectivity index (χ1v) is 10.9. The molecule has 1 saturated heterocycles. The minimum Gasteiger partial charge on any atom is -0.337 e. The first-order chi connectivity index (χ1) is 15.5. The standard InChI is InChI=1S/C20H20F6N4O.C2H6/c21-19(22,23)13-7-12(8-14(9-13)20(24,25)26)11-2-5-30(6-3-11)18(31)17-15-1-4-27-10-16(15)28-29-17;1-2/h7-9,11,27H,1-6,10H2,(H,28,29);1-2H3. The number of piperidine rings is 1. The number of benzene rings is 1. The fraction of sp³-hybridized carbons (Fsp3) is 0.545. The number of nitrogens with one attached hydrogen (secondary N) is 2. The maximum Gasteiger partial charge on any atom is 0.416 e. The molecule has 1 aromatic heterocycles. The Morgan fingerprint density at radius 1 is 1.00 bits per heavy atom. The lowest BCUT2D eigenvalue weighted by molar-refractivity contribution is -0.143. The molecule has 2 aromatic rings. The molecule has 4 rings (SSSR count). The smallest absolute Gasteiger partial charge is 0.337 e. The number of fused-ring (bicyclic) bond motifs is 1. The van der Waals surface area contributed by atoms with Crippen molar-refractivity contribution in [2.75, 3.05) is 19.6 Å². The number of amides is 1. The van der Waals surface area contributed by atoms with Crippen LogP contribution in [0.4, 0.5) is 26.3 Å². The third-order valence-corrected chi connectivity index (χ3v) is 5.87. The van der Waals surface area contributed by atoms with Gasteiger partial charge in [0.1, 0.15) is 0 Å². The fourth-order valence-corrected chi connectivity index (χ4v) is 4.20. The van der Waals surface area contributed by atoms with E-state index in [1.54, 1.807) is 4.90 Å². The number of H-pyrrole nitrogens is 1. The van der Waals surface area contributed by atoms with Crippen molar-refractivity contribution in [1.29, 1.82) is 0 Å². The Balaban J connectivity index is 0.00000149. The van der Waals surface area contributed by atoms with E-state index in [1.807, 2.05) is 13.8 Å². The molecule has 0 atom stereocenters. The van der Waals surface area contributed by atoms with Crippen molar-refractivity contribution < 1.29 is 31.1 Å². The van der Waals surface area contributed by atoms with E-state index < -0.39 is 29.4 Å². The van der Waals surface area contributed by atoms with Gasteiger partial charge in [-0.1, -0.05) is 13.8 Å². The van der Waals surface area contributed by atoms with Crippen LogP contribution in [-0.2, 0) is 25.3 Å². The highest BCUT2D eigenvalue weighted by molar-refractivity contribution is 5.94. The summed E-state index contributed by atoms with van der Waals surface area (Å²) in [5.74, 6) is -0.761. The van der Waals surface area contributed by atoms with Crippen molar-refractivity contribution in [2.45, 2.75) is 57.9 Å². The Kier molecular flexibility index (Phi) is 7.40. The molecular formula is C22H26F6N4O. The quantitative estimate of drug-likeness (QED) is 0.591. The number of halogens is 6. The van der Waals surface area contributed by atoms with Crippen molar-refractivity contribution in [1.82, 2.24) is 20.4 Å². The van der Waals surface area contributed by atoms with E-state index in [4.69, 9.17) is 0 Å². The molecule has 0 spiro atoms. The van der Waals surface area contributed by atoms with E-state index >= 15 is 0 Å². The van der Waals surface area contributed by atoms with Gasteiger partial charge in [-0.3, -0.25) is 9.89 Å². The summed E-state index contributed by atoms with van der Waals surface area (Å²) in [5.41, 5.74) is -0.572. The third kappa shape index (κ3) is 5.51. The summed E-state index contributed by atoms with van der Waals surface area (Å²) in [6, 6.07) is 1.71. The largest absolute Gasteiger partial charge is 0.416 e. The number of aromatic amines is 1. The van der Waals surface area contributed by atoms with Crippen molar-refractivity contribution in [2.24, 2.45) is 0 Å². The Morgan fingerprint density at radius 2 is 1.58 bits per heavy atom. The van der Waals surface area contributed by atoms with Gasteiger partial charge in [-0.15, -0.1) is 0 Å². The topological polar surface area (TPSA) is 61.0 Å². The molecule has 2 N–H and O–H groups in total.